The normalized spacial score (nSPS) is 15.8. The van der Waals surface area contributed by atoms with Crippen LogP contribution in [0.3, 0.4) is 0 Å². The van der Waals surface area contributed by atoms with Crippen LogP contribution in [0.1, 0.15) is 47.7 Å². The zero-order valence-corrected chi connectivity index (χ0v) is 22.0. The maximum atomic E-state index is 5.34. The summed E-state index contributed by atoms with van der Waals surface area (Å²) >= 11 is 1.76. The molecule has 0 spiro atoms. The summed E-state index contributed by atoms with van der Waals surface area (Å²) in [5.74, 6) is 1.77. The number of ether oxygens (including phenoxy) is 1. The van der Waals surface area contributed by atoms with Gasteiger partial charge in [-0.25, -0.2) is 4.98 Å². The van der Waals surface area contributed by atoms with Crippen molar-refractivity contribution in [2.75, 3.05) is 39.8 Å². The van der Waals surface area contributed by atoms with Crippen LogP contribution >= 0.6 is 35.3 Å². The summed E-state index contributed by atoms with van der Waals surface area (Å²) in [6.07, 6.45) is 6.72. The van der Waals surface area contributed by atoms with Gasteiger partial charge in [0.2, 0.25) is 0 Å². The first kappa shape index (κ1) is 25.9. The molecule has 3 rings (SSSR count). The van der Waals surface area contributed by atoms with Crippen LogP contribution in [-0.2, 0) is 6.42 Å². The quantitative estimate of drug-likeness (QED) is 0.272. The Bertz CT molecular complexity index is 790. The van der Waals surface area contributed by atoms with E-state index in [4.69, 9.17) is 9.73 Å². The number of likely N-dealkylation sites (tertiary alicyclic amines) is 1. The molecule has 1 aliphatic heterocycles. The molecule has 1 aromatic heterocycles. The number of nitrogens with zero attached hydrogens (tertiary/aromatic N) is 3. The second-order valence-electron chi connectivity index (χ2n) is 7.65. The van der Waals surface area contributed by atoms with Gasteiger partial charge in [-0.2, -0.15) is 0 Å². The number of hydrogen-bond acceptors (Lipinski definition) is 5. The average molecular weight is 558 g/mol. The van der Waals surface area contributed by atoms with Crippen molar-refractivity contribution in [3.8, 4) is 5.75 Å². The van der Waals surface area contributed by atoms with Crippen LogP contribution in [0.2, 0.25) is 0 Å². The molecule has 1 aliphatic rings. The minimum absolute atomic E-state index is 0. The van der Waals surface area contributed by atoms with Gasteiger partial charge in [-0.3, -0.25) is 9.89 Å². The fourth-order valence-electron chi connectivity index (χ4n) is 3.81. The fraction of sp³-hybridized carbons (Fsp3) is 0.565. The van der Waals surface area contributed by atoms with Crippen LogP contribution < -0.4 is 15.4 Å². The standard InChI is InChI=1S/C23H35N5OS.HI/c1-4-24-23(25-13-12-22-26-16-18(2)30-22)27-17-21(28-14-6-5-7-15-28)19-8-10-20(29-3)11-9-19;/h8-11,16,21H,4-7,12-15,17H2,1-3H3,(H2,24,25,27);1H. The molecule has 1 unspecified atom stereocenters. The third-order valence-corrected chi connectivity index (χ3v) is 6.37. The van der Waals surface area contributed by atoms with Crippen LogP contribution in [-0.4, -0.2) is 55.7 Å². The van der Waals surface area contributed by atoms with E-state index in [1.165, 1.54) is 34.7 Å². The van der Waals surface area contributed by atoms with Crippen molar-refractivity contribution >= 4 is 41.3 Å². The lowest BCUT2D eigenvalue weighted by molar-refractivity contribution is 0.167. The van der Waals surface area contributed by atoms with Gasteiger partial charge in [0.25, 0.3) is 0 Å². The number of piperidine rings is 1. The van der Waals surface area contributed by atoms with Crippen molar-refractivity contribution in [3.63, 3.8) is 0 Å². The van der Waals surface area contributed by atoms with Crippen molar-refractivity contribution in [1.82, 2.24) is 20.5 Å². The highest BCUT2D eigenvalue weighted by atomic mass is 127. The molecule has 1 saturated heterocycles. The van der Waals surface area contributed by atoms with Crippen molar-refractivity contribution < 1.29 is 4.74 Å². The maximum absolute atomic E-state index is 5.34. The number of thiazole rings is 1. The lowest BCUT2D eigenvalue weighted by Crippen LogP contribution is -2.40. The number of methoxy groups -OCH3 is 1. The molecule has 0 radical (unpaired) electrons. The smallest absolute Gasteiger partial charge is 0.191 e. The molecular weight excluding hydrogens is 521 g/mol. The highest BCUT2D eigenvalue weighted by Gasteiger charge is 2.22. The Morgan fingerprint density at radius 2 is 1.94 bits per heavy atom. The highest BCUT2D eigenvalue weighted by Crippen LogP contribution is 2.26. The zero-order chi connectivity index (χ0) is 21.2. The van der Waals surface area contributed by atoms with E-state index in [9.17, 15) is 0 Å². The first-order valence-electron chi connectivity index (χ1n) is 11.0. The number of aliphatic imine (C=N–C) groups is 1. The van der Waals surface area contributed by atoms with E-state index in [0.717, 1.165) is 50.9 Å². The Balaban J connectivity index is 0.00000341. The third-order valence-electron chi connectivity index (χ3n) is 5.40. The molecule has 8 heteroatoms. The number of halogens is 1. The Morgan fingerprint density at radius 1 is 1.19 bits per heavy atom. The number of guanidine groups is 1. The summed E-state index contributed by atoms with van der Waals surface area (Å²) in [6.45, 7) is 8.89. The van der Waals surface area contributed by atoms with Gasteiger partial charge in [0.15, 0.2) is 5.96 Å². The molecule has 6 nitrogen and oxygen atoms in total. The summed E-state index contributed by atoms with van der Waals surface area (Å²) in [5.41, 5.74) is 1.30. The van der Waals surface area contributed by atoms with E-state index >= 15 is 0 Å². The second kappa shape index (κ2) is 13.9. The van der Waals surface area contributed by atoms with Gasteiger partial charge in [-0.1, -0.05) is 18.6 Å². The van der Waals surface area contributed by atoms with Crippen LogP contribution in [0.5, 0.6) is 5.75 Å². The van der Waals surface area contributed by atoms with Crippen molar-refractivity contribution in [3.05, 3.63) is 45.9 Å². The molecule has 0 amide bonds. The minimum Gasteiger partial charge on any atom is -0.497 e. The topological polar surface area (TPSA) is 61.8 Å². The van der Waals surface area contributed by atoms with Gasteiger partial charge in [0.1, 0.15) is 5.75 Å². The van der Waals surface area contributed by atoms with Gasteiger partial charge in [0, 0.05) is 30.6 Å². The number of benzene rings is 1. The van der Waals surface area contributed by atoms with Gasteiger partial charge in [-0.15, -0.1) is 35.3 Å². The molecule has 2 aromatic rings. The highest BCUT2D eigenvalue weighted by molar-refractivity contribution is 14.0. The molecule has 172 valence electrons. The maximum Gasteiger partial charge on any atom is 0.191 e. The van der Waals surface area contributed by atoms with Crippen LogP contribution in [0.25, 0.3) is 0 Å². The van der Waals surface area contributed by atoms with Crippen LogP contribution in [0.4, 0.5) is 0 Å². The molecule has 1 fully saturated rings. The van der Waals surface area contributed by atoms with E-state index < -0.39 is 0 Å². The molecule has 1 aromatic carbocycles. The molecule has 0 aliphatic carbocycles. The summed E-state index contributed by atoms with van der Waals surface area (Å²) in [6, 6.07) is 8.75. The largest absolute Gasteiger partial charge is 0.497 e. The Hall–Kier alpha value is -1.39. The van der Waals surface area contributed by atoms with E-state index in [1.807, 2.05) is 6.20 Å². The average Bonchev–Trinajstić information content (AvgIpc) is 3.20. The predicted octanol–water partition coefficient (Wildman–Crippen LogP) is 4.40. The van der Waals surface area contributed by atoms with Crippen LogP contribution in [0.15, 0.2) is 35.5 Å². The summed E-state index contributed by atoms with van der Waals surface area (Å²) in [5, 5.41) is 8.03. The van der Waals surface area contributed by atoms with E-state index in [-0.39, 0.29) is 30.0 Å². The fourth-order valence-corrected chi connectivity index (χ4v) is 4.60. The van der Waals surface area contributed by atoms with Gasteiger partial charge in [-0.05, 0) is 57.5 Å². The lowest BCUT2D eigenvalue weighted by atomic mass is 10.0. The minimum atomic E-state index is 0. The Labute approximate surface area is 207 Å². The van der Waals surface area contributed by atoms with E-state index in [0.29, 0.717) is 0 Å². The summed E-state index contributed by atoms with van der Waals surface area (Å²) in [4.78, 5) is 13.2. The molecule has 2 N–H and O–H groups in total. The lowest BCUT2D eigenvalue weighted by Gasteiger charge is -2.34. The SMILES string of the molecule is CCNC(=NCC(c1ccc(OC)cc1)N1CCCCC1)NCCc1ncc(C)s1.I. The molecule has 2 heterocycles. The predicted molar refractivity (Wildman–Crippen MR) is 141 cm³/mol. The number of aryl methyl sites for hydroxylation is 1. The number of nitrogens with one attached hydrogen (secondary N) is 2. The molecule has 1 atom stereocenters. The van der Waals surface area contributed by atoms with Crippen molar-refractivity contribution in [1.29, 1.82) is 0 Å². The van der Waals surface area contributed by atoms with E-state index in [2.05, 4.69) is 58.6 Å². The Kier molecular flexibility index (Phi) is 11.6. The molecule has 31 heavy (non-hydrogen) atoms. The van der Waals surface area contributed by atoms with Gasteiger partial charge in [0.05, 0.1) is 24.7 Å². The van der Waals surface area contributed by atoms with Crippen molar-refractivity contribution in [2.24, 2.45) is 4.99 Å². The molecular formula is C23H36IN5OS. The first-order valence-corrected chi connectivity index (χ1v) is 11.8. The second-order valence-corrected chi connectivity index (χ2v) is 8.97. The summed E-state index contributed by atoms with van der Waals surface area (Å²) in [7, 11) is 1.71. The first-order chi connectivity index (χ1) is 14.7. The van der Waals surface area contributed by atoms with Gasteiger partial charge >= 0.3 is 0 Å². The zero-order valence-electron chi connectivity index (χ0n) is 18.9. The number of aromatic nitrogens is 1. The van der Waals surface area contributed by atoms with Crippen molar-refractivity contribution in [2.45, 2.75) is 45.6 Å². The van der Waals surface area contributed by atoms with Crippen LogP contribution in [0, 0.1) is 6.92 Å². The monoisotopic (exact) mass is 557 g/mol. The van der Waals surface area contributed by atoms with E-state index in [1.54, 1.807) is 18.4 Å². The molecule has 0 saturated carbocycles. The number of rotatable bonds is 9. The Morgan fingerprint density at radius 3 is 2.55 bits per heavy atom. The third kappa shape index (κ3) is 8.23. The van der Waals surface area contributed by atoms with Gasteiger partial charge < -0.3 is 15.4 Å². The molecule has 0 bridgehead atoms. The number of hydrogen-bond donors (Lipinski definition) is 2. The summed E-state index contributed by atoms with van der Waals surface area (Å²) < 4.78 is 5.34.